The van der Waals surface area contributed by atoms with Gasteiger partial charge in [0.1, 0.15) is 11.5 Å². The van der Waals surface area contributed by atoms with Gasteiger partial charge in [0, 0.05) is 10.4 Å². The molecule has 4 nitrogen and oxygen atoms in total. The molecule has 1 amide bonds. The van der Waals surface area contributed by atoms with Crippen LogP contribution in [0.4, 0.5) is 5.00 Å². The molecule has 1 rings (SSSR count). The Kier molecular flexibility index (Phi) is 5.36. The summed E-state index contributed by atoms with van der Waals surface area (Å²) in [7, 11) is 0. The molecule has 0 bridgehead atoms. The zero-order valence-corrected chi connectivity index (χ0v) is 13.6. The lowest BCUT2D eigenvalue weighted by Gasteiger charge is -2.16. The second-order valence-corrected chi connectivity index (χ2v) is 7.01. The topological polar surface area (TPSA) is 55.4 Å². The van der Waals surface area contributed by atoms with Crippen LogP contribution in [0.15, 0.2) is 17.7 Å². The van der Waals surface area contributed by atoms with Crippen molar-refractivity contribution in [2.75, 3.05) is 11.9 Å². The largest absolute Gasteiger partial charge is 0.456 e. The summed E-state index contributed by atoms with van der Waals surface area (Å²) in [6.45, 7) is 10.7. The van der Waals surface area contributed by atoms with Crippen molar-refractivity contribution >= 4 is 39.8 Å². The summed E-state index contributed by atoms with van der Waals surface area (Å²) in [4.78, 5) is 24.2. The first-order chi connectivity index (χ1) is 9.11. The molecule has 1 aromatic heterocycles. The molecule has 20 heavy (non-hydrogen) atoms. The minimum atomic E-state index is -0.491. The molecule has 1 N–H and O–H groups in total. The first-order valence-corrected chi connectivity index (χ1v) is 7.23. The summed E-state index contributed by atoms with van der Waals surface area (Å²) < 4.78 is 4.98. The van der Waals surface area contributed by atoms with Crippen molar-refractivity contribution in [1.29, 1.82) is 0 Å². The Hall–Kier alpha value is -1.33. The van der Waals surface area contributed by atoms with Crippen molar-refractivity contribution < 1.29 is 14.3 Å². The lowest BCUT2D eigenvalue weighted by atomic mass is 9.96. The molecule has 0 unspecified atom stereocenters. The molecule has 0 radical (unpaired) electrons. The molecule has 0 aliphatic carbocycles. The van der Waals surface area contributed by atoms with Crippen LogP contribution in [-0.4, -0.2) is 18.5 Å². The molecule has 0 aliphatic rings. The van der Waals surface area contributed by atoms with Gasteiger partial charge < -0.3 is 10.1 Å². The van der Waals surface area contributed by atoms with E-state index in [1.807, 2.05) is 20.8 Å². The van der Waals surface area contributed by atoms with E-state index in [-0.39, 0.29) is 17.5 Å². The highest BCUT2D eigenvalue weighted by molar-refractivity contribution is 7.18. The highest BCUT2D eigenvalue weighted by atomic mass is 35.5. The molecule has 6 heteroatoms. The third kappa shape index (κ3) is 4.65. The maximum Gasteiger partial charge on any atom is 0.349 e. The Balaban J connectivity index is 2.80. The summed E-state index contributed by atoms with van der Waals surface area (Å²) in [6, 6.07) is 1.75. The Morgan fingerprint density at radius 2 is 2.05 bits per heavy atom. The standard InChI is InChI=1S/C14H18ClNO3S/c1-8-6-10(16-13(18)14(3,4)5)20-11(8)12(17)19-7-9(2)15/h6H,2,7H2,1,3-5H3,(H,16,18). The Morgan fingerprint density at radius 3 is 2.55 bits per heavy atom. The third-order valence-corrected chi connectivity index (χ3v) is 3.62. The van der Waals surface area contributed by atoms with Gasteiger partial charge in [0.15, 0.2) is 0 Å². The van der Waals surface area contributed by atoms with Gasteiger partial charge in [-0.3, -0.25) is 4.79 Å². The maximum atomic E-state index is 11.9. The number of ether oxygens (including phenoxy) is 1. The number of hydrogen-bond acceptors (Lipinski definition) is 4. The predicted molar refractivity (Wildman–Crippen MR) is 82.4 cm³/mol. The fourth-order valence-electron chi connectivity index (χ4n) is 1.26. The van der Waals surface area contributed by atoms with Crippen LogP contribution in [0.25, 0.3) is 0 Å². The first kappa shape index (κ1) is 16.7. The zero-order valence-electron chi connectivity index (χ0n) is 12.0. The van der Waals surface area contributed by atoms with Gasteiger partial charge in [0.05, 0.1) is 5.00 Å². The molecule has 0 aromatic carbocycles. The molecule has 1 aromatic rings. The van der Waals surface area contributed by atoms with Gasteiger partial charge in [-0.1, -0.05) is 39.0 Å². The quantitative estimate of drug-likeness (QED) is 0.856. The van der Waals surface area contributed by atoms with Crippen molar-refractivity contribution in [3.63, 3.8) is 0 Å². The van der Waals surface area contributed by atoms with Gasteiger partial charge >= 0.3 is 5.97 Å². The van der Waals surface area contributed by atoms with Crippen LogP contribution in [0, 0.1) is 12.3 Å². The Bertz CT molecular complexity index is 543. The molecule has 0 saturated carbocycles. The van der Waals surface area contributed by atoms with E-state index in [9.17, 15) is 9.59 Å². The van der Waals surface area contributed by atoms with Crippen LogP contribution >= 0.6 is 22.9 Å². The van der Waals surface area contributed by atoms with Crippen LogP contribution in [0.1, 0.15) is 36.0 Å². The number of amides is 1. The number of aryl methyl sites for hydroxylation is 1. The average Bonchev–Trinajstić information content (AvgIpc) is 2.66. The predicted octanol–water partition coefficient (Wildman–Crippen LogP) is 3.95. The number of anilines is 1. The van der Waals surface area contributed by atoms with Crippen LogP contribution in [0.2, 0.25) is 0 Å². The summed E-state index contributed by atoms with van der Waals surface area (Å²) in [6.07, 6.45) is 0. The average molecular weight is 316 g/mol. The van der Waals surface area contributed by atoms with Gasteiger partial charge in [-0.2, -0.15) is 0 Å². The number of esters is 1. The van der Waals surface area contributed by atoms with E-state index in [0.29, 0.717) is 9.88 Å². The van der Waals surface area contributed by atoms with Crippen molar-refractivity contribution in [2.45, 2.75) is 27.7 Å². The molecule has 1 heterocycles. The fourth-order valence-corrected chi connectivity index (χ4v) is 2.27. The van der Waals surface area contributed by atoms with E-state index in [4.69, 9.17) is 16.3 Å². The zero-order chi connectivity index (χ0) is 15.5. The monoisotopic (exact) mass is 315 g/mol. The molecule has 0 atom stereocenters. The number of carbonyl (C=O) groups is 2. The second-order valence-electron chi connectivity index (χ2n) is 5.42. The van der Waals surface area contributed by atoms with Crippen LogP contribution < -0.4 is 5.32 Å². The van der Waals surface area contributed by atoms with E-state index in [1.54, 1.807) is 13.0 Å². The number of rotatable bonds is 4. The second kappa shape index (κ2) is 6.41. The molecule has 0 aliphatic heterocycles. The van der Waals surface area contributed by atoms with Crippen LogP contribution in [-0.2, 0) is 9.53 Å². The van der Waals surface area contributed by atoms with Crippen LogP contribution in [0.5, 0.6) is 0 Å². The summed E-state index contributed by atoms with van der Waals surface area (Å²) in [5, 5.41) is 3.67. The van der Waals surface area contributed by atoms with E-state index >= 15 is 0 Å². The van der Waals surface area contributed by atoms with Gasteiger partial charge in [-0.15, -0.1) is 11.3 Å². The normalized spacial score (nSPS) is 11.1. The number of thiophene rings is 1. The van der Waals surface area contributed by atoms with Gasteiger partial charge in [-0.05, 0) is 18.6 Å². The van der Waals surface area contributed by atoms with Crippen LogP contribution in [0.3, 0.4) is 0 Å². The molecular weight excluding hydrogens is 298 g/mol. The number of nitrogens with one attached hydrogen (secondary N) is 1. The number of halogens is 1. The first-order valence-electron chi connectivity index (χ1n) is 6.03. The van der Waals surface area contributed by atoms with E-state index in [0.717, 1.165) is 5.56 Å². The smallest absolute Gasteiger partial charge is 0.349 e. The van der Waals surface area contributed by atoms with Gasteiger partial charge in [-0.25, -0.2) is 4.79 Å². The molecule has 0 fully saturated rings. The summed E-state index contributed by atoms with van der Waals surface area (Å²) >= 11 is 6.73. The highest BCUT2D eigenvalue weighted by Gasteiger charge is 2.23. The molecule has 110 valence electrons. The lowest BCUT2D eigenvalue weighted by molar-refractivity contribution is -0.123. The van der Waals surface area contributed by atoms with Crippen molar-refractivity contribution in [2.24, 2.45) is 5.41 Å². The maximum absolute atomic E-state index is 11.9. The Labute approximate surface area is 127 Å². The van der Waals surface area contributed by atoms with Gasteiger partial charge in [0.2, 0.25) is 5.91 Å². The molecule has 0 spiro atoms. The van der Waals surface area contributed by atoms with E-state index in [2.05, 4.69) is 11.9 Å². The van der Waals surface area contributed by atoms with Crippen molar-refractivity contribution in [1.82, 2.24) is 0 Å². The molecular formula is C14H18ClNO3S. The van der Waals surface area contributed by atoms with E-state index < -0.39 is 11.4 Å². The molecule has 0 saturated heterocycles. The summed E-state index contributed by atoms with van der Waals surface area (Å²) in [5.74, 6) is -0.571. The van der Waals surface area contributed by atoms with E-state index in [1.165, 1.54) is 11.3 Å². The minimum absolute atomic E-state index is 0.0264. The summed E-state index contributed by atoms with van der Waals surface area (Å²) in [5.41, 5.74) is 0.263. The highest BCUT2D eigenvalue weighted by Crippen LogP contribution is 2.29. The van der Waals surface area contributed by atoms with Gasteiger partial charge in [0.25, 0.3) is 0 Å². The minimum Gasteiger partial charge on any atom is -0.456 e. The van der Waals surface area contributed by atoms with Crippen molar-refractivity contribution in [3.05, 3.63) is 28.1 Å². The van der Waals surface area contributed by atoms with Crippen molar-refractivity contribution in [3.8, 4) is 0 Å². The Morgan fingerprint density at radius 1 is 1.45 bits per heavy atom. The number of carbonyl (C=O) groups excluding carboxylic acids is 2. The number of hydrogen-bond donors (Lipinski definition) is 1. The SMILES string of the molecule is C=C(Cl)COC(=O)c1sc(NC(=O)C(C)(C)C)cc1C. The lowest BCUT2D eigenvalue weighted by Crippen LogP contribution is -2.27. The third-order valence-electron chi connectivity index (χ3n) is 2.38. The fraction of sp³-hybridized carbons (Fsp3) is 0.429.